The standard InChI is InChI=1S/C13H25NO3/c1-4-6-7-12(13(15)16-3)14-10-8-11(9-10)17-5-2/h10-12,14H,4-9H2,1-3H3. The molecule has 1 N–H and O–H groups in total. The Labute approximate surface area is 104 Å². The van der Waals surface area contributed by atoms with Gasteiger partial charge in [-0.1, -0.05) is 19.8 Å². The Balaban J connectivity index is 2.27. The van der Waals surface area contributed by atoms with Gasteiger partial charge < -0.3 is 14.8 Å². The van der Waals surface area contributed by atoms with Gasteiger partial charge in [-0.25, -0.2) is 0 Å². The molecular weight excluding hydrogens is 218 g/mol. The van der Waals surface area contributed by atoms with E-state index in [4.69, 9.17) is 9.47 Å². The number of rotatable bonds is 8. The fourth-order valence-electron chi connectivity index (χ4n) is 2.18. The van der Waals surface area contributed by atoms with Gasteiger partial charge in [-0.2, -0.15) is 0 Å². The van der Waals surface area contributed by atoms with Crippen LogP contribution in [0.3, 0.4) is 0 Å². The fourth-order valence-corrected chi connectivity index (χ4v) is 2.18. The predicted molar refractivity (Wildman–Crippen MR) is 66.9 cm³/mol. The zero-order valence-electron chi connectivity index (χ0n) is 11.2. The average molecular weight is 243 g/mol. The summed E-state index contributed by atoms with van der Waals surface area (Å²) in [5.41, 5.74) is 0. The Hall–Kier alpha value is -0.610. The minimum absolute atomic E-state index is 0.140. The molecule has 0 bridgehead atoms. The van der Waals surface area contributed by atoms with Gasteiger partial charge in [-0.3, -0.25) is 4.79 Å². The van der Waals surface area contributed by atoms with E-state index in [2.05, 4.69) is 12.2 Å². The SMILES string of the molecule is CCCCC(NC1CC(OCC)C1)C(=O)OC. The molecule has 100 valence electrons. The third-order valence-electron chi connectivity index (χ3n) is 3.27. The third kappa shape index (κ3) is 4.64. The molecule has 0 aromatic heterocycles. The molecule has 1 saturated carbocycles. The number of carbonyl (C=O) groups is 1. The summed E-state index contributed by atoms with van der Waals surface area (Å²) in [6.07, 6.45) is 5.40. The van der Waals surface area contributed by atoms with Crippen LogP contribution in [0.1, 0.15) is 46.0 Å². The lowest BCUT2D eigenvalue weighted by Crippen LogP contribution is -2.52. The molecule has 0 spiro atoms. The lowest BCUT2D eigenvalue weighted by atomic mass is 9.88. The summed E-state index contributed by atoms with van der Waals surface area (Å²) < 4.78 is 10.3. The quantitative estimate of drug-likeness (QED) is 0.661. The minimum Gasteiger partial charge on any atom is -0.468 e. The maximum Gasteiger partial charge on any atom is 0.322 e. The van der Waals surface area contributed by atoms with Crippen LogP contribution in [0, 0.1) is 0 Å². The molecule has 0 aliphatic heterocycles. The Morgan fingerprint density at radius 1 is 1.41 bits per heavy atom. The maximum atomic E-state index is 11.6. The highest BCUT2D eigenvalue weighted by molar-refractivity contribution is 5.75. The van der Waals surface area contributed by atoms with Crippen LogP contribution in [0.15, 0.2) is 0 Å². The van der Waals surface area contributed by atoms with Gasteiger partial charge in [-0.05, 0) is 26.2 Å². The molecule has 1 aliphatic carbocycles. The predicted octanol–water partition coefficient (Wildman–Crippen LogP) is 1.88. The van der Waals surface area contributed by atoms with E-state index in [0.29, 0.717) is 12.1 Å². The van der Waals surface area contributed by atoms with Gasteiger partial charge >= 0.3 is 5.97 Å². The molecule has 0 radical (unpaired) electrons. The first-order chi connectivity index (χ1) is 8.21. The van der Waals surface area contributed by atoms with Gasteiger partial charge in [0.1, 0.15) is 6.04 Å². The second-order valence-electron chi connectivity index (χ2n) is 4.63. The fraction of sp³-hybridized carbons (Fsp3) is 0.923. The summed E-state index contributed by atoms with van der Waals surface area (Å²) >= 11 is 0. The maximum absolute atomic E-state index is 11.6. The molecule has 1 atom stereocenters. The van der Waals surface area contributed by atoms with Crippen LogP contribution in [0.2, 0.25) is 0 Å². The van der Waals surface area contributed by atoms with Crippen LogP contribution in [0.5, 0.6) is 0 Å². The highest BCUT2D eigenvalue weighted by Crippen LogP contribution is 2.24. The van der Waals surface area contributed by atoms with Crippen LogP contribution >= 0.6 is 0 Å². The molecule has 0 aromatic carbocycles. The van der Waals surface area contributed by atoms with E-state index in [-0.39, 0.29) is 12.0 Å². The average Bonchev–Trinajstić information content (AvgIpc) is 2.29. The Bertz CT molecular complexity index is 227. The molecule has 17 heavy (non-hydrogen) atoms. The van der Waals surface area contributed by atoms with Gasteiger partial charge in [-0.15, -0.1) is 0 Å². The molecule has 1 unspecified atom stereocenters. The zero-order chi connectivity index (χ0) is 12.7. The van der Waals surface area contributed by atoms with E-state index >= 15 is 0 Å². The summed E-state index contributed by atoms with van der Waals surface area (Å²) in [7, 11) is 1.45. The van der Waals surface area contributed by atoms with E-state index in [1.807, 2.05) is 6.92 Å². The molecular formula is C13H25NO3. The first-order valence-corrected chi connectivity index (χ1v) is 6.66. The van der Waals surface area contributed by atoms with Crippen molar-refractivity contribution >= 4 is 5.97 Å². The second-order valence-corrected chi connectivity index (χ2v) is 4.63. The number of carbonyl (C=O) groups excluding carboxylic acids is 1. The monoisotopic (exact) mass is 243 g/mol. The van der Waals surface area contributed by atoms with Crippen molar-refractivity contribution in [3.8, 4) is 0 Å². The van der Waals surface area contributed by atoms with Crippen molar-refractivity contribution in [2.75, 3.05) is 13.7 Å². The molecule has 0 aromatic rings. The second kappa shape index (κ2) is 7.67. The number of hydrogen-bond donors (Lipinski definition) is 1. The van der Waals surface area contributed by atoms with Gasteiger partial charge in [0.2, 0.25) is 0 Å². The van der Waals surface area contributed by atoms with Crippen molar-refractivity contribution in [1.29, 1.82) is 0 Å². The normalized spacial score (nSPS) is 25.1. The van der Waals surface area contributed by atoms with E-state index < -0.39 is 0 Å². The van der Waals surface area contributed by atoms with Crippen molar-refractivity contribution in [2.45, 2.75) is 64.1 Å². The first kappa shape index (κ1) is 14.5. The van der Waals surface area contributed by atoms with E-state index in [0.717, 1.165) is 38.7 Å². The number of esters is 1. The summed E-state index contributed by atoms with van der Waals surface area (Å²) in [5.74, 6) is -0.140. The lowest BCUT2D eigenvalue weighted by molar-refractivity contribution is -0.144. The van der Waals surface area contributed by atoms with Gasteiger partial charge in [0, 0.05) is 12.6 Å². The van der Waals surface area contributed by atoms with Crippen molar-refractivity contribution < 1.29 is 14.3 Å². The molecule has 4 nitrogen and oxygen atoms in total. The van der Waals surface area contributed by atoms with Crippen LogP contribution in [-0.4, -0.2) is 37.9 Å². The topological polar surface area (TPSA) is 47.6 Å². The third-order valence-corrected chi connectivity index (χ3v) is 3.27. The Morgan fingerprint density at radius 3 is 2.65 bits per heavy atom. The number of ether oxygens (including phenoxy) is 2. The Morgan fingerprint density at radius 2 is 2.12 bits per heavy atom. The van der Waals surface area contributed by atoms with Crippen molar-refractivity contribution in [3.63, 3.8) is 0 Å². The molecule has 0 heterocycles. The van der Waals surface area contributed by atoms with Crippen LogP contribution in [0.4, 0.5) is 0 Å². The number of hydrogen-bond acceptors (Lipinski definition) is 4. The van der Waals surface area contributed by atoms with Crippen LogP contribution in [0.25, 0.3) is 0 Å². The van der Waals surface area contributed by atoms with Crippen molar-refractivity contribution in [1.82, 2.24) is 5.32 Å². The molecule has 0 amide bonds. The summed E-state index contributed by atoms with van der Waals surface area (Å²) in [6.45, 7) is 4.91. The summed E-state index contributed by atoms with van der Waals surface area (Å²) in [6, 6.07) is 0.264. The van der Waals surface area contributed by atoms with E-state index in [9.17, 15) is 4.79 Å². The molecule has 1 fully saturated rings. The van der Waals surface area contributed by atoms with E-state index in [1.165, 1.54) is 7.11 Å². The number of unbranched alkanes of at least 4 members (excludes halogenated alkanes) is 1. The smallest absolute Gasteiger partial charge is 0.322 e. The zero-order valence-corrected chi connectivity index (χ0v) is 11.2. The summed E-state index contributed by atoms with van der Waals surface area (Å²) in [4.78, 5) is 11.6. The van der Waals surface area contributed by atoms with Crippen LogP contribution in [-0.2, 0) is 14.3 Å². The highest BCUT2D eigenvalue weighted by Gasteiger charge is 2.32. The van der Waals surface area contributed by atoms with Gasteiger partial charge in [0.15, 0.2) is 0 Å². The molecule has 4 heteroatoms. The molecule has 1 aliphatic rings. The molecule has 1 rings (SSSR count). The lowest BCUT2D eigenvalue weighted by Gasteiger charge is -2.37. The first-order valence-electron chi connectivity index (χ1n) is 6.66. The van der Waals surface area contributed by atoms with Gasteiger partial charge in [0.05, 0.1) is 13.2 Å². The summed E-state index contributed by atoms with van der Waals surface area (Å²) in [5, 5.41) is 3.37. The van der Waals surface area contributed by atoms with E-state index in [1.54, 1.807) is 0 Å². The van der Waals surface area contributed by atoms with Crippen LogP contribution < -0.4 is 5.32 Å². The number of methoxy groups -OCH3 is 1. The highest BCUT2D eigenvalue weighted by atomic mass is 16.5. The van der Waals surface area contributed by atoms with Crippen molar-refractivity contribution in [2.24, 2.45) is 0 Å². The molecule has 0 saturated heterocycles. The largest absolute Gasteiger partial charge is 0.468 e. The Kier molecular flexibility index (Phi) is 6.52. The number of nitrogens with one attached hydrogen (secondary N) is 1. The minimum atomic E-state index is -0.146. The van der Waals surface area contributed by atoms with Crippen molar-refractivity contribution in [3.05, 3.63) is 0 Å². The van der Waals surface area contributed by atoms with Gasteiger partial charge in [0.25, 0.3) is 0 Å².